The van der Waals surface area contributed by atoms with Crippen molar-refractivity contribution in [2.45, 2.75) is 0 Å². The predicted molar refractivity (Wildman–Crippen MR) is 88.3 cm³/mol. The number of rotatable bonds is 2. The lowest BCUT2D eigenvalue weighted by Gasteiger charge is -2.22. The van der Waals surface area contributed by atoms with Gasteiger partial charge in [0.05, 0.1) is 26.9 Å². The molecule has 0 unspecified atom stereocenters. The predicted octanol–water partition coefficient (Wildman–Crippen LogP) is 5.50. The lowest BCUT2D eigenvalue weighted by atomic mass is 10.1. The molecule has 0 atom stereocenters. The first-order valence-corrected chi connectivity index (χ1v) is 7.26. The van der Waals surface area contributed by atoms with Crippen molar-refractivity contribution in [3.05, 3.63) is 64.5 Å². The van der Waals surface area contributed by atoms with E-state index in [0.29, 0.717) is 15.9 Å². The quantitative estimate of drug-likeness (QED) is 0.664. The highest BCUT2D eigenvalue weighted by molar-refractivity contribution is 6.41. The van der Waals surface area contributed by atoms with Crippen molar-refractivity contribution in [3.63, 3.8) is 0 Å². The van der Waals surface area contributed by atoms with Crippen molar-refractivity contribution in [1.29, 1.82) is 0 Å². The monoisotopic (exact) mass is 350 g/mol. The second-order valence-corrected chi connectivity index (χ2v) is 5.50. The van der Waals surface area contributed by atoms with E-state index in [1.165, 1.54) is 36.5 Å². The molecule has 7 heteroatoms. The van der Waals surface area contributed by atoms with Crippen LogP contribution in [0.1, 0.15) is 0 Å². The zero-order valence-corrected chi connectivity index (χ0v) is 13.0. The summed E-state index contributed by atoms with van der Waals surface area (Å²) in [5.41, 5.74) is 0.762. The average Bonchev–Trinajstić information content (AvgIpc) is 2.52. The average molecular weight is 351 g/mol. The van der Waals surface area contributed by atoms with E-state index >= 15 is 0 Å². The molecular formula is C16H9Cl2FN2O2. The zero-order chi connectivity index (χ0) is 16.6. The first-order valence-electron chi connectivity index (χ1n) is 6.50. The molecule has 4 nitrogen and oxygen atoms in total. The molecule has 0 saturated carbocycles. The van der Waals surface area contributed by atoms with Crippen LogP contribution < -0.4 is 4.90 Å². The number of carbonyl (C=O) groups is 1. The summed E-state index contributed by atoms with van der Waals surface area (Å²) in [7, 11) is 0. The highest BCUT2D eigenvalue weighted by Gasteiger charge is 2.24. The number of halogens is 3. The van der Waals surface area contributed by atoms with Crippen molar-refractivity contribution in [3.8, 4) is 0 Å². The van der Waals surface area contributed by atoms with Gasteiger partial charge in [0.1, 0.15) is 5.82 Å². The van der Waals surface area contributed by atoms with Gasteiger partial charge in [-0.15, -0.1) is 0 Å². The Hall–Kier alpha value is -2.37. The fraction of sp³-hybridized carbons (Fsp3) is 0. The van der Waals surface area contributed by atoms with Crippen molar-refractivity contribution < 1.29 is 14.3 Å². The fourth-order valence-corrected chi connectivity index (χ4v) is 2.90. The Bertz CT molecular complexity index is 900. The van der Waals surface area contributed by atoms with Gasteiger partial charge in [0.15, 0.2) is 0 Å². The first-order chi connectivity index (χ1) is 11.0. The van der Waals surface area contributed by atoms with Crippen molar-refractivity contribution in [1.82, 2.24) is 4.98 Å². The number of fused-ring (bicyclic) bond motifs is 1. The third kappa shape index (κ3) is 2.81. The Morgan fingerprint density at radius 1 is 1.13 bits per heavy atom. The summed E-state index contributed by atoms with van der Waals surface area (Å²) in [4.78, 5) is 16.9. The van der Waals surface area contributed by atoms with Crippen molar-refractivity contribution >= 4 is 51.6 Å². The van der Waals surface area contributed by atoms with E-state index in [4.69, 9.17) is 23.2 Å². The van der Waals surface area contributed by atoms with Gasteiger partial charge in [0.25, 0.3) is 0 Å². The van der Waals surface area contributed by atoms with Crippen LogP contribution in [0.2, 0.25) is 10.0 Å². The van der Waals surface area contributed by atoms with Gasteiger partial charge < -0.3 is 5.11 Å². The zero-order valence-electron chi connectivity index (χ0n) is 11.5. The number of carboxylic acid groups (broad SMARTS) is 1. The van der Waals surface area contributed by atoms with E-state index in [1.807, 2.05) is 0 Å². The minimum atomic E-state index is -1.27. The maximum Gasteiger partial charge on any atom is 0.416 e. The highest BCUT2D eigenvalue weighted by atomic mass is 35.5. The Morgan fingerprint density at radius 3 is 2.48 bits per heavy atom. The van der Waals surface area contributed by atoms with E-state index in [9.17, 15) is 14.3 Å². The SMILES string of the molecule is O=C(O)N(c1ccc(F)cc1)c1c(Cl)cc(Cl)c2cccnc12. The number of pyridine rings is 1. The van der Waals surface area contributed by atoms with E-state index in [0.717, 1.165) is 4.90 Å². The number of hydrogen-bond donors (Lipinski definition) is 1. The van der Waals surface area contributed by atoms with Gasteiger partial charge in [0, 0.05) is 11.6 Å². The molecule has 0 radical (unpaired) electrons. The largest absolute Gasteiger partial charge is 0.464 e. The molecule has 3 rings (SSSR count). The molecule has 0 saturated heterocycles. The Balaban J connectivity index is 2.31. The molecule has 0 aliphatic heterocycles. The molecule has 23 heavy (non-hydrogen) atoms. The van der Waals surface area contributed by atoms with Gasteiger partial charge in [-0.1, -0.05) is 23.2 Å². The summed E-state index contributed by atoms with van der Waals surface area (Å²) in [5.74, 6) is -0.468. The summed E-state index contributed by atoms with van der Waals surface area (Å²) in [6, 6.07) is 9.91. The molecule has 116 valence electrons. The Labute approximate surface area is 140 Å². The molecule has 0 bridgehead atoms. The Morgan fingerprint density at radius 2 is 1.83 bits per heavy atom. The number of anilines is 2. The molecule has 0 spiro atoms. The van der Waals surface area contributed by atoms with Crippen LogP contribution in [0.15, 0.2) is 48.7 Å². The minimum Gasteiger partial charge on any atom is -0.464 e. The summed E-state index contributed by atoms with van der Waals surface area (Å²) >= 11 is 12.4. The summed E-state index contributed by atoms with van der Waals surface area (Å²) < 4.78 is 13.1. The third-order valence-electron chi connectivity index (χ3n) is 3.27. The Kier molecular flexibility index (Phi) is 4.07. The molecule has 0 aliphatic rings. The standard InChI is InChI=1S/C16H9Cl2FN2O2/c17-12-8-13(18)15(14-11(12)2-1-7-20-14)21(16(22)23)10-5-3-9(19)4-6-10/h1-8H,(H,22,23). The third-order valence-corrected chi connectivity index (χ3v) is 3.87. The molecular weight excluding hydrogens is 342 g/mol. The lowest BCUT2D eigenvalue weighted by Crippen LogP contribution is -2.24. The number of nitrogens with zero attached hydrogens (tertiary/aromatic N) is 2. The number of aromatic nitrogens is 1. The van der Waals surface area contributed by atoms with Gasteiger partial charge in [-0.2, -0.15) is 0 Å². The summed E-state index contributed by atoms with van der Waals surface area (Å²) in [5, 5.41) is 10.7. The summed E-state index contributed by atoms with van der Waals surface area (Å²) in [6.07, 6.45) is 0.246. The maximum atomic E-state index is 13.1. The second-order valence-electron chi connectivity index (χ2n) is 4.68. The summed E-state index contributed by atoms with van der Waals surface area (Å²) in [6.45, 7) is 0. The second kappa shape index (κ2) is 6.02. The number of amides is 1. The van der Waals surface area contributed by atoms with Gasteiger partial charge in [-0.3, -0.25) is 4.98 Å². The van der Waals surface area contributed by atoms with Crippen molar-refractivity contribution in [2.75, 3.05) is 4.90 Å². The lowest BCUT2D eigenvalue weighted by molar-refractivity contribution is 0.205. The molecule has 3 aromatic rings. The minimum absolute atomic E-state index is 0.132. The van der Waals surface area contributed by atoms with Crippen LogP contribution in [0.25, 0.3) is 10.9 Å². The topological polar surface area (TPSA) is 53.4 Å². The molecule has 0 fully saturated rings. The molecule has 1 aromatic heterocycles. The number of hydrogen-bond acceptors (Lipinski definition) is 2. The van der Waals surface area contributed by atoms with Crippen LogP contribution in [0.4, 0.5) is 20.6 Å². The molecule has 1 heterocycles. The van der Waals surface area contributed by atoms with Crippen LogP contribution in [0.3, 0.4) is 0 Å². The molecule has 2 aromatic carbocycles. The van der Waals surface area contributed by atoms with Gasteiger partial charge >= 0.3 is 6.09 Å². The van der Waals surface area contributed by atoms with E-state index in [-0.39, 0.29) is 16.4 Å². The first kappa shape index (κ1) is 15.5. The van der Waals surface area contributed by atoms with Crippen LogP contribution in [0, 0.1) is 5.82 Å². The van der Waals surface area contributed by atoms with E-state index < -0.39 is 11.9 Å². The van der Waals surface area contributed by atoms with Crippen LogP contribution in [-0.2, 0) is 0 Å². The van der Waals surface area contributed by atoms with E-state index in [1.54, 1.807) is 12.1 Å². The molecule has 1 N–H and O–H groups in total. The maximum absolute atomic E-state index is 13.1. The highest BCUT2D eigenvalue weighted by Crippen LogP contribution is 2.40. The van der Waals surface area contributed by atoms with Crippen LogP contribution in [0.5, 0.6) is 0 Å². The molecule has 1 amide bonds. The van der Waals surface area contributed by atoms with E-state index in [2.05, 4.69) is 4.98 Å². The van der Waals surface area contributed by atoms with Crippen LogP contribution >= 0.6 is 23.2 Å². The number of benzene rings is 2. The van der Waals surface area contributed by atoms with Gasteiger partial charge in [-0.25, -0.2) is 14.1 Å². The normalized spacial score (nSPS) is 10.7. The van der Waals surface area contributed by atoms with Gasteiger partial charge in [-0.05, 0) is 42.5 Å². The fourth-order valence-electron chi connectivity index (χ4n) is 2.30. The van der Waals surface area contributed by atoms with Crippen molar-refractivity contribution in [2.24, 2.45) is 0 Å². The van der Waals surface area contributed by atoms with Gasteiger partial charge in [0.2, 0.25) is 0 Å². The smallest absolute Gasteiger partial charge is 0.416 e. The molecule has 0 aliphatic carbocycles. The van der Waals surface area contributed by atoms with Crippen LogP contribution in [-0.4, -0.2) is 16.2 Å².